The van der Waals surface area contributed by atoms with Crippen molar-refractivity contribution in [2.24, 2.45) is 7.05 Å². The fraction of sp³-hybridized carbons (Fsp3) is 0.333. The molecule has 4 nitrogen and oxygen atoms in total. The maximum absolute atomic E-state index is 4.40. The summed E-state index contributed by atoms with van der Waals surface area (Å²) < 4.78 is 4.81. The summed E-state index contributed by atoms with van der Waals surface area (Å²) in [7, 11) is 1.95. The van der Waals surface area contributed by atoms with E-state index in [9.17, 15) is 0 Å². The molecule has 0 saturated heterocycles. The van der Waals surface area contributed by atoms with E-state index in [-0.39, 0.29) is 0 Å². The number of aryl methyl sites for hydroxylation is 2. The first-order chi connectivity index (χ1) is 6.61. The van der Waals surface area contributed by atoms with E-state index in [2.05, 4.69) is 26.0 Å². The maximum Gasteiger partial charge on any atom is 0.230 e. The monoisotopic (exact) mass is 254 g/mol. The van der Waals surface area contributed by atoms with Crippen LogP contribution in [0, 0.1) is 13.8 Å². The third kappa shape index (κ3) is 1.28. The highest BCUT2D eigenvalue weighted by Gasteiger charge is 2.12. The molecular weight excluding hydrogens is 244 g/mol. The highest BCUT2D eigenvalue weighted by Crippen LogP contribution is 2.21. The molecule has 0 aromatic carbocycles. The summed E-state index contributed by atoms with van der Waals surface area (Å²) in [4.78, 5) is 4.24. The van der Waals surface area contributed by atoms with Crippen LogP contribution in [0.1, 0.15) is 11.4 Å². The lowest BCUT2D eigenvalue weighted by molar-refractivity contribution is 0.726. The maximum atomic E-state index is 4.40. The van der Waals surface area contributed by atoms with Crippen molar-refractivity contribution in [1.29, 1.82) is 0 Å². The Kier molecular flexibility index (Phi) is 2.19. The van der Waals surface area contributed by atoms with Gasteiger partial charge in [-0.25, -0.2) is 9.67 Å². The highest BCUT2D eigenvalue weighted by atomic mass is 79.9. The van der Waals surface area contributed by atoms with Gasteiger partial charge in [-0.2, -0.15) is 5.10 Å². The van der Waals surface area contributed by atoms with Crippen molar-refractivity contribution in [3.8, 4) is 5.95 Å². The Labute approximate surface area is 90.7 Å². The SMILES string of the molecule is Cc1nn(-c2nccn2C)c(C)c1Br. The molecule has 0 saturated carbocycles. The van der Waals surface area contributed by atoms with E-state index in [1.165, 1.54) is 0 Å². The second-order valence-electron chi connectivity index (χ2n) is 3.23. The zero-order chi connectivity index (χ0) is 10.3. The van der Waals surface area contributed by atoms with Crippen LogP contribution in [0.25, 0.3) is 5.95 Å². The van der Waals surface area contributed by atoms with Gasteiger partial charge in [0, 0.05) is 19.4 Å². The predicted octanol–water partition coefficient (Wildman–Crippen LogP) is 1.99. The van der Waals surface area contributed by atoms with Crippen LogP contribution in [0.3, 0.4) is 0 Å². The Hall–Kier alpha value is -1.10. The molecule has 0 aliphatic carbocycles. The molecule has 0 unspecified atom stereocenters. The van der Waals surface area contributed by atoms with E-state index in [1.54, 1.807) is 6.20 Å². The quantitative estimate of drug-likeness (QED) is 0.781. The molecule has 0 aliphatic rings. The van der Waals surface area contributed by atoms with Gasteiger partial charge in [-0.05, 0) is 29.8 Å². The Morgan fingerprint density at radius 3 is 2.50 bits per heavy atom. The number of aromatic nitrogens is 4. The lowest BCUT2D eigenvalue weighted by atomic mass is 10.4. The second-order valence-corrected chi connectivity index (χ2v) is 4.03. The van der Waals surface area contributed by atoms with Crippen molar-refractivity contribution in [2.75, 3.05) is 0 Å². The van der Waals surface area contributed by atoms with Crippen LogP contribution in [0.2, 0.25) is 0 Å². The molecule has 0 aliphatic heterocycles. The van der Waals surface area contributed by atoms with Gasteiger partial charge in [-0.15, -0.1) is 0 Å². The molecule has 2 heterocycles. The molecule has 0 fully saturated rings. The van der Waals surface area contributed by atoms with Gasteiger partial charge in [0.2, 0.25) is 5.95 Å². The number of nitrogens with zero attached hydrogens (tertiary/aromatic N) is 4. The molecule has 0 atom stereocenters. The Balaban J connectivity index is 2.63. The van der Waals surface area contributed by atoms with Crippen LogP contribution in [-0.2, 0) is 7.05 Å². The summed E-state index contributed by atoms with van der Waals surface area (Å²) >= 11 is 3.49. The van der Waals surface area contributed by atoms with E-state index < -0.39 is 0 Å². The third-order valence-electron chi connectivity index (χ3n) is 2.19. The Morgan fingerprint density at radius 1 is 1.36 bits per heavy atom. The molecule has 0 amide bonds. The van der Waals surface area contributed by atoms with E-state index >= 15 is 0 Å². The van der Waals surface area contributed by atoms with Gasteiger partial charge in [-0.3, -0.25) is 0 Å². The first-order valence-electron chi connectivity index (χ1n) is 4.30. The van der Waals surface area contributed by atoms with Gasteiger partial charge in [0.1, 0.15) is 0 Å². The molecule has 0 bridgehead atoms. The van der Waals surface area contributed by atoms with E-state index in [0.717, 1.165) is 21.8 Å². The third-order valence-corrected chi connectivity index (χ3v) is 3.34. The minimum Gasteiger partial charge on any atom is -0.319 e. The summed E-state index contributed by atoms with van der Waals surface area (Å²) in [5.41, 5.74) is 2.04. The molecule has 5 heteroatoms. The van der Waals surface area contributed by atoms with E-state index in [0.29, 0.717) is 0 Å². The summed E-state index contributed by atoms with van der Waals surface area (Å²) in [6.07, 6.45) is 3.67. The topological polar surface area (TPSA) is 35.6 Å². The van der Waals surface area contributed by atoms with Crippen LogP contribution in [0.15, 0.2) is 16.9 Å². The zero-order valence-corrected chi connectivity index (χ0v) is 9.91. The zero-order valence-electron chi connectivity index (χ0n) is 8.32. The van der Waals surface area contributed by atoms with Crippen LogP contribution < -0.4 is 0 Å². The normalized spacial score (nSPS) is 10.9. The van der Waals surface area contributed by atoms with Crippen LogP contribution in [0.4, 0.5) is 0 Å². The smallest absolute Gasteiger partial charge is 0.230 e. The highest BCUT2D eigenvalue weighted by molar-refractivity contribution is 9.10. The number of hydrogen-bond acceptors (Lipinski definition) is 2. The van der Waals surface area contributed by atoms with Crippen LogP contribution in [-0.4, -0.2) is 19.3 Å². The summed E-state index contributed by atoms with van der Waals surface area (Å²) in [5.74, 6) is 0.830. The van der Waals surface area contributed by atoms with Gasteiger partial charge in [0.25, 0.3) is 0 Å². The van der Waals surface area contributed by atoms with Crippen molar-refractivity contribution in [1.82, 2.24) is 19.3 Å². The number of imidazole rings is 1. The van der Waals surface area contributed by atoms with Crippen molar-refractivity contribution in [3.63, 3.8) is 0 Å². The molecule has 0 N–H and O–H groups in total. The summed E-state index contributed by atoms with van der Waals surface area (Å²) in [6, 6.07) is 0. The Morgan fingerprint density at radius 2 is 2.07 bits per heavy atom. The summed E-state index contributed by atoms with van der Waals surface area (Å²) in [6.45, 7) is 3.98. The molecule has 0 spiro atoms. The van der Waals surface area contributed by atoms with Crippen molar-refractivity contribution >= 4 is 15.9 Å². The lowest BCUT2D eigenvalue weighted by Gasteiger charge is -2.02. The molecule has 0 radical (unpaired) electrons. The number of halogens is 1. The minimum atomic E-state index is 0.830. The lowest BCUT2D eigenvalue weighted by Crippen LogP contribution is -2.06. The van der Waals surface area contributed by atoms with E-state index in [1.807, 2.05) is 36.3 Å². The second kappa shape index (κ2) is 3.24. The molecule has 2 aromatic rings. The van der Waals surface area contributed by atoms with Gasteiger partial charge in [0.15, 0.2) is 0 Å². The molecule has 74 valence electrons. The molecular formula is C9H11BrN4. The Bertz CT molecular complexity index is 469. The van der Waals surface area contributed by atoms with Gasteiger partial charge >= 0.3 is 0 Å². The van der Waals surface area contributed by atoms with Crippen molar-refractivity contribution in [2.45, 2.75) is 13.8 Å². The number of hydrogen-bond donors (Lipinski definition) is 0. The molecule has 2 aromatic heterocycles. The van der Waals surface area contributed by atoms with Crippen LogP contribution in [0.5, 0.6) is 0 Å². The fourth-order valence-electron chi connectivity index (χ4n) is 1.38. The standard InChI is InChI=1S/C9H11BrN4/c1-6-8(10)7(2)14(12-6)9-11-4-5-13(9)3/h4-5H,1-3H3. The molecule has 14 heavy (non-hydrogen) atoms. The molecule has 2 rings (SSSR count). The number of rotatable bonds is 1. The average molecular weight is 255 g/mol. The minimum absolute atomic E-state index is 0.830. The van der Waals surface area contributed by atoms with Crippen molar-refractivity contribution in [3.05, 3.63) is 28.3 Å². The van der Waals surface area contributed by atoms with Gasteiger partial charge in [-0.1, -0.05) is 0 Å². The first-order valence-corrected chi connectivity index (χ1v) is 5.10. The van der Waals surface area contributed by atoms with Crippen molar-refractivity contribution < 1.29 is 0 Å². The summed E-state index contributed by atoms with van der Waals surface area (Å²) in [5, 5.41) is 4.40. The van der Waals surface area contributed by atoms with Crippen LogP contribution >= 0.6 is 15.9 Å². The largest absolute Gasteiger partial charge is 0.319 e. The average Bonchev–Trinajstić information content (AvgIpc) is 2.66. The predicted molar refractivity (Wildman–Crippen MR) is 57.5 cm³/mol. The van der Waals surface area contributed by atoms with E-state index in [4.69, 9.17) is 0 Å². The van der Waals surface area contributed by atoms with Gasteiger partial charge < -0.3 is 4.57 Å². The fourth-order valence-corrected chi connectivity index (χ4v) is 1.63. The van der Waals surface area contributed by atoms with Gasteiger partial charge in [0.05, 0.1) is 15.9 Å². The first kappa shape index (κ1) is 9.45.